The fourth-order valence-corrected chi connectivity index (χ4v) is 2.38. The van der Waals surface area contributed by atoms with Crippen LogP contribution in [0.4, 0.5) is 14.5 Å². The first-order valence-electron chi connectivity index (χ1n) is 7.15. The van der Waals surface area contributed by atoms with Gasteiger partial charge in [-0.25, -0.2) is 8.78 Å². The number of halogens is 3. The van der Waals surface area contributed by atoms with E-state index in [2.05, 4.69) is 5.32 Å². The molecule has 0 heterocycles. The highest BCUT2D eigenvalue weighted by molar-refractivity contribution is 6.31. The van der Waals surface area contributed by atoms with Gasteiger partial charge in [0.05, 0.1) is 19.3 Å². The molecule has 0 aromatic heterocycles. The van der Waals surface area contributed by atoms with Gasteiger partial charge in [-0.3, -0.25) is 9.69 Å². The molecule has 0 aliphatic heterocycles. The standard InChI is InChI=1S/C17H17ClF2N2O2/c1-22(9-11-3-5-13(19)8-14(11)20)10-17(23)21-15-7-12(18)4-6-16(15)24-2/h3-8H,9-10H2,1-2H3,(H,21,23). The zero-order valence-corrected chi connectivity index (χ0v) is 14.0. The van der Waals surface area contributed by atoms with Crippen molar-refractivity contribution in [3.05, 3.63) is 58.6 Å². The van der Waals surface area contributed by atoms with Gasteiger partial charge in [-0.1, -0.05) is 17.7 Å². The number of carbonyl (C=O) groups excluding carboxylic acids is 1. The van der Waals surface area contributed by atoms with E-state index in [0.717, 1.165) is 6.07 Å². The summed E-state index contributed by atoms with van der Waals surface area (Å²) >= 11 is 5.91. The molecular formula is C17H17ClF2N2O2. The normalized spacial score (nSPS) is 10.8. The highest BCUT2D eigenvalue weighted by Gasteiger charge is 2.13. The smallest absolute Gasteiger partial charge is 0.238 e. The fraction of sp³-hybridized carbons (Fsp3) is 0.235. The van der Waals surface area contributed by atoms with E-state index in [4.69, 9.17) is 16.3 Å². The molecule has 2 aromatic rings. The second-order valence-corrected chi connectivity index (χ2v) is 5.74. The number of hydrogen-bond donors (Lipinski definition) is 1. The van der Waals surface area contributed by atoms with E-state index >= 15 is 0 Å². The van der Waals surface area contributed by atoms with Gasteiger partial charge in [0.15, 0.2) is 0 Å². The predicted octanol–water partition coefficient (Wildman–Crippen LogP) is 3.70. The molecule has 0 aliphatic rings. The van der Waals surface area contributed by atoms with Crippen LogP contribution in [0, 0.1) is 11.6 Å². The number of benzene rings is 2. The molecule has 128 valence electrons. The van der Waals surface area contributed by atoms with Crippen LogP contribution in [-0.4, -0.2) is 31.5 Å². The maximum Gasteiger partial charge on any atom is 0.238 e. The molecule has 0 radical (unpaired) electrons. The molecule has 0 bridgehead atoms. The summed E-state index contributed by atoms with van der Waals surface area (Å²) < 4.78 is 31.7. The third-order valence-electron chi connectivity index (χ3n) is 3.30. The number of methoxy groups -OCH3 is 1. The van der Waals surface area contributed by atoms with E-state index < -0.39 is 11.6 Å². The first-order chi connectivity index (χ1) is 11.4. The van der Waals surface area contributed by atoms with Crippen molar-refractivity contribution in [3.8, 4) is 5.75 Å². The maximum atomic E-state index is 13.6. The topological polar surface area (TPSA) is 41.6 Å². The Bertz CT molecular complexity index is 741. The molecule has 0 aliphatic carbocycles. The van der Waals surface area contributed by atoms with E-state index in [1.54, 1.807) is 30.1 Å². The minimum Gasteiger partial charge on any atom is -0.495 e. The number of ether oxygens (including phenoxy) is 1. The van der Waals surface area contributed by atoms with Crippen LogP contribution in [0.3, 0.4) is 0 Å². The lowest BCUT2D eigenvalue weighted by Crippen LogP contribution is -2.30. The lowest BCUT2D eigenvalue weighted by Gasteiger charge is -2.17. The van der Waals surface area contributed by atoms with Crippen LogP contribution in [0.2, 0.25) is 5.02 Å². The summed E-state index contributed by atoms with van der Waals surface area (Å²) in [4.78, 5) is 13.7. The molecule has 7 heteroatoms. The van der Waals surface area contributed by atoms with Crippen LogP contribution >= 0.6 is 11.6 Å². The molecule has 0 saturated heterocycles. The lowest BCUT2D eigenvalue weighted by atomic mass is 10.2. The molecular weight excluding hydrogens is 338 g/mol. The molecule has 0 spiro atoms. The van der Waals surface area contributed by atoms with Crippen molar-refractivity contribution in [2.45, 2.75) is 6.54 Å². The van der Waals surface area contributed by atoms with Gasteiger partial charge < -0.3 is 10.1 Å². The molecule has 24 heavy (non-hydrogen) atoms. The van der Waals surface area contributed by atoms with E-state index in [1.807, 2.05) is 0 Å². The van der Waals surface area contributed by atoms with Crippen LogP contribution in [0.15, 0.2) is 36.4 Å². The van der Waals surface area contributed by atoms with Crippen LogP contribution in [0.1, 0.15) is 5.56 Å². The Hall–Kier alpha value is -2.18. The van der Waals surface area contributed by atoms with E-state index in [0.29, 0.717) is 22.0 Å². The Labute approximate surface area is 144 Å². The maximum absolute atomic E-state index is 13.6. The Morgan fingerprint density at radius 1 is 1.25 bits per heavy atom. The second-order valence-electron chi connectivity index (χ2n) is 5.30. The number of anilines is 1. The number of amides is 1. The van der Waals surface area contributed by atoms with Crippen LogP contribution in [0.25, 0.3) is 0 Å². The first kappa shape index (κ1) is 18.2. The molecule has 1 N–H and O–H groups in total. The minimum atomic E-state index is -0.640. The summed E-state index contributed by atoms with van der Waals surface area (Å²) in [7, 11) is 3.15. The van der Waals surface area contributed by atoms with E-state index in [9.17, 15) is 13.6 Å². The van der Waals surface area contributed by atoms with E-state index in [1.165, 1.54) is 19.2 Å². The highest BCUT2D eigenvalue weighted by Crippen LogP contribution is 2.27. The zero-order chi connectivity index (χ0) is 17.7. The minimum absolute atomic E-state index is 0.0203. The molecule has 2 aromatic carbocycles. The fourth-order valence-electron chi connectivity index (χ4n) is 2.21. The van der Waals surface area contributed by atoms with Crippen molar-refractivity contribution < 1.29 is 18.3 Å². The highest BCUT2D eigenvalue weighted by atomic mass is 35.5. The number of carbonyl (C=O) groups is 1. The molecule has 4 nitrogen and oxygen atoms in total. The van der Waals surface area contributed by atoms with Gasteiger partial charge in [-0.05, 0) is 31.3 Å². The van der Waals surface area contributed by atoms with Crippen LogP contribution < -0.4 is 10.1 Å². The van der Waals surface area contributed by atoms with Gasteiger partial charge in [-0.15, -0.1) is 0 Å². The van der Waals surface area contributed by atoms with Crippen molar-refractivity contribution in [1.82, 2.24) is 4.90 Å². The Balaban J connectivity index is 1.98. The summed E-state index contributed by atoms with van der Waals surface area (Å²) in [5.41, 5.74) is 0.767. The number of rotatable bonds is 6. The Kier molecular flexibility index (Phi) is 6.11. The van der Waals surface area contributed by atoms with Gasteiger partial charge in [0.2, 0.25) is 5.91 Å². The number of nitrogens with one attached hydrogen (secondary N) is 1. The quantitative estimate of drug-likeness (QED) is 0.860. The van der Waals surface area contributed by atoms with Crippen molar-refractivity contribution in [2.75, 3.05) is 26.0 Å². The monoisotopic (exact) mass is 354 g/mol. The molecule has 2 rings (SSSR count). The van der Waals surface area contributed by atoms with Crippen molar-refractivity contribution in [3.63, 3.8) is 0 Å². The molecule has 0 fully saturated rings. The number of nitrogens with zero attached hydrogens (tertiary/aromatic N) is 1. The van der Waals surface area contributed by atoms with Gasteiger partial charge in [-0.2, -0.15) is 0 Å². The van der Waals surface area contributed by atoms with Crippen molar-refractivity contribution >= 4 is 23.2 Å². The van der Waals surface area contributed by atoms with E-state index in [-0.39, 0.29) is 19.0 Å². The van der Waals surface area contributed by atoms with Crippen molar-refractivity contribution in [1.29, 1.82) is 0 Å². The SMILES string of the molecule is COc1ccc(Cl)cc1NC(=O)CN(C)Cc1ccc(F)cc1F. The summed E-state index contributed by atoms with van der Waals surface area (Å²) in [6, 6.07) is 8.25. The molecule has 0 atom stereocenters. The number of hydrogen-bond acceptors (Lipinski definition) is 3. The summed E-state index contributed by atoms with van der Waals surface area (Å²) in [5.74, 6) is -1.09. The predicted molar refractivity (Wildman–Crippen MR) is 89.3 cm³/mol. The zero-order valence-electron chi connectivity index (χ0n) is 13.3. The first-order valence-corrected chi connectivity index (χ1v) is 7.52. The lowest BCUT2D eigenvalue weighted by molar-refractivity contribution is -0.117. The third kappa shape index (κ3) is 4.91. The molecule has 0 saturated carbocycles. The molecule has 1 amide bonds. The van der Waals surface area contributed by atoms with Gasteiger partial charge in [0, 0.05) is 23.2 Å². The summed E-state index contributed by atoms with van der Waals surface area (Å²) in [6.07, 6.45) is 0. The largest absolute Gasteiger partial charge is 0.495 e. The van der Waals surface area contributed by atoms with Gasteiger partial charge >= 0.3 is 0 Å². The second kappa shape index (κ2) is 8.08. The average Bonchev–Trinajstić information content (AvgIpc) is 2.50. The third-order valence-corrected chi connectivity index (χ3v) is 3.54. The summed E-state index contributed by atoms with van der Waals surface area (Å²) in [5, 5.41) is 3.16. The average molecular weight is 355 g/mol. The Morgan fingerprint density at radius 2 is 2.00 bits per heavy atom. The summed E-state index contributed by atoms with van der Waals surface area (Å²) in [6.45, 7) is 0.193. The van der Waals surface area contributed by atoms with Gasteiger partial charge in [0.25, 0.3) is 0 Å². The van der Waals surface area contributed by atoms with Gasteiger partial charge in [0.1, 0.15) is 17.4 Å². The molecule has 0 unspecified atom stereocenters. The van der Waals surface area contributed by atoms with Crippen LogP contribution in [-0.2, 0) is 11.3 Å². The number of likely N-dealkylation sites (N-methyl/N-ethyl adjacent to an activating group) is 1. The van der Waals surface area contributed by atoms with Crippen LogP contribution in [0.5, 0.6) is 5.75 Å². The Morgan fingerprint density at radius 3 is 2.67 bits per heavy atom. The van der Waals surface area contributed by atoms with Crippen molar-refractivity contribution in [2.24, 2.45) is 0 Å².